The lowest BCUT2D eigenvalue weighted by Gasteiger charge is -2.02. The third kappa shape index (κ3) is 3.51. The second kappa shape index (κ2) is 4.80. The molecule has 1 aromatic heterocycles. The van der Waals surface area contributed by atoms with E-state index in [0.29, 0.717) is 0 Å². The summed E-state index contributed by atoms with van der Waals surface area (Å²) in [5, 5.41) is 8.31. The van der Waals surface area contributed by atoms with Gasteiger partial charge < -0.3 is 19.3 Å². The van der Waals surface area contributed by atoms with Crippen LogP contribution < -0.4 is 9.47 Å². The Balaban J connectivity index is 2.74. The van der Waals surface area contributed by atoms with Gasteiger partial charge in [-0.1, -0.05) is 0 Å². The summed E-state index contributed by atoms with van der Waals surface area (Å²) in [5.41, 5.74) is 0. The number of hydrogen-bond donors (Lipinski definition) is 1. The average Bonchev–Trinajstić information content (AvgIpc) is 2.17. The van der Waals surface area contributed by atoms with Crippen LogP contribution in [0.4, 0.5) is 9.59 Å². The average molecular weight is 213 g/mol. The molecule has 7 nitrogen and oxygen atoms in total. The first kappa shape index (κ1) is 10.8. The number of hydrogen-bond acceptors (Lipinski definition) is 6. The fourth-order valence-corrected chi connectivity index (χ4v) is 0.738. The molecule has 7 heteroatoms. The monoisotopic (exact) mass is 213 g/mol. The molecule has 0 saturated carbocycles. The molecule has 0 aliphatic heterocycles. The summed E-state index contributed by atoms with van der Waals surface area (Å²) in [5.74, 6) is -0.114. The normalized spacial score (nSPS) is 9.13. The Morgan fingerprint density at radius 2 is 2.13 bits per heavy atom. The fourth-order valence-electron chi connectivity index (χ4n) is 0.738. The zero-order valence-corrected chi connectivity index (χ0v) is 7.67. The molecule has 1 rings (SSSR count). The van der Waals surface area contributed by atoms with Crippen LogP contribution in [0.1, 0.15) is 0 Å². The largest absolute Gasteiger partial charge is 0.514 e. The zero-order chi connectivity index (χ0) is 11.3. The molecule has 0 amide bonds. The summed E-state index contributed by atoms with van der Waals surface area (Å²) >= 11 is 0. The maximum atomic E-state index is 10.7. The van der Waals surface area contributed by atoms with E-state index in [4.69, 9.17) is 5.11 Å². The maximum absolute atomic E-state index is 10.7. The Morgan fingerprint density at radius 3 is 2.73 bits per heavy atom. The highest BCUT2D eigenvalue weighted by molar-refractivity contribution is 5.64. The second-order valence-electron chi connectivity index (χ2n) is 2.25. The number of rotatable bonds is 2. The van der Waals surface area contributed by atoms with Crippen LogP contribution in [0.15, 0.2) is 18.3 Å². The van der Waals surface area contributed by atoms with E-state index in [-0.39, 0.29) is 11.6 Å². The Labute approximate surface area is 84.2 Å². The highest BCUT2D eigenvalue weighted by Gasteiger charge is 2.07. The lowest BCUT2D eigenvalue weighted by Crippen LogP contribution is -2.09. The van der Waals surface area contributed by atoms with Gasteiger partial charge in [0.15, 0.2) is 0 Å². The molecule has 0 aliphatic rings. The van der Waals surface area contributed by atoms with E-state index in [9.17, 15) is 9.59 Å². The minimum Gasteiger partial charge on any atom is -0.449 e. The van der Waals surface area contributed by atoms with Gasteiger partial charge in [0.1, 0.15) is 5.75 Å². The van der Waals surface area contributed by atoms with Crippen molar-refractivity contribution in [3.63, 3.8) is 0 Å². The zero-order valence-electron chi connectivity index (χ0n) is 7.67. The highest BCUT2D eigenvalue weighted by atomic mass is 16.7. The lowest BCUT2D eigenvalue weighted by atomic mass is 10.4. The predicted octanol–water partition coefficient (Wildman–Crippen LogP) is 1.28. The van der Waals surface area contributed by atoms with Crippen molar-refractivity contribution in [2.24, 2.45) is 0 Å². The van der Waals surface area contributed by atoms with Crippen LogP contribution in [0.2, 0.25) is 0 Å². The molecule has 1 heterocycles. The maximum Gasteiger partial charge on any atom is 0.514 e. The molecule has 1 aromatic rings. The van der Waals surface area contributed by atoms with E-state index in [2.05, 4.69) is 19.2 Å². The first-order chi connectivity index (χ1) is 7.11. The Bertz CT molecular complexity index is 377. The molecule has 0 spiro atoms. The Morgan fingerprint density at radius 1 is 1.40 bits per heavy atom. The number of carboxylic acid groups (broad SMARTS) is 1. The molecule has 0 radical (unpaired) electrons. The Hall–Kier alpha value is -2.31. The minimum atomic E-state index is -1.47. The molecular formula is C8H7NO6. The fraction of sp³-hybridized carbons (Fsp3) is 0.125. The van der Waals surface area contributed by atoms with Crippen LogP contribution in [-0.4, -0.2) is 29.5 Å². The number of carbonyl (C=O) groups is 2. The molecule has 0 unspecified atom stereocenters. The van der Waals surface area contributed by atoms with Gasteiger partial charge in [0, 0.05) is 12.3 Å². The van der Waals surface area contributed by atoms with Crippen molar-refractivity contribution < 1.29 is 28.9 Å². The number of methoxy groups -OCH3 is 1. The van der Waals surface area contributed by atoms with Gasteiger partial charge in [-0.2, -0.15) is 0 Å². The van der Waals surface area contributed by atoms with Crippen LogP contribution in [0.25, 0.3) is 0 Å². The van der Waals surface area contributed by atoms with Crippen molar-refractivity contribution in [2.75, 3.05) is 7.11 Å². The van der Waals surface area contributed by atoms with Crippen molar-refractivity contribution in [3.8, 4) is 11.6 Å². The minimum absolute atomic E-state index is 0.00333. The summed E-state index contributed by atoms with van der Waals surface area (Å²) in [4.78, 5) is 24.5. The molecule has 0 atom stereocenters. The number of nitrogens with zero attached hydrogens (tertiary/aromatic N) is 1. The van der Waals surface area contributed by atoms with Gasteiger partial charge >= 0.3 is 12.3 Å². The molecule has 0 bridgehead atoms. The summed E-state index contributed by atoms with van der Waals surface area (Å²) in [6.45, 7) is 0. The third-order valence-corrected chi connectivity index (χ3v) is 1.27. The van der Waals surface area contributed by atoms with Crippen molar-refractivity contribution >= 4 is 12.3 Å². The summed E-state index contributed by atoms with van der Waals surface area (Å²) in [6.07, 6.45) is -1.18. The smallest absolute Gasteiger partial charge is 0.449 e. The summed E-state index contributed by atoms with van der Waals surface area (Å²) in [6, 6.07) is 2.45. The molecule has 80 valence electrons. The van der Waals surface area contributed by atoms with E-state index in [1.54, 1.807) is 0 Å². The molecule has 0 fully saturated rings. The first-order valence-electron chi connectivity index (χ1n) is 3.74. The molecule has 15 heavy (non-hydrogen) atoms. The predicted molar refractivity (Wildman–Crippen MR) is 45.9 cm³/mol. The summed E-state index contributed by atoms with van der Waals surface area (Å²) in [7, 11) is 1.14. The number of ether oxygens (including phenoxy) is 3. The number of aromatic nitrogens is 1. The lowest BCUT2D eigenvalue weighted by molar-refractivity contribution is 0.119. The van der Waals surface area contributed by atoms with Gasteiger partial charge in [-0.15, -0.1) is 0 Å². The van der Waals surface area contributed by atoms with E-state index in [1.807, 2.05) is 0 Å². The van der Waals surface area contributed by atoms with Gasteiger partial charge in [0.2, 0.25) is 5.88 Å². The molecule has 0 aromatic carbocycles. The van der Waals surface area contributed by atoms with Gasteiger partial charge in [-0.05, 0) is 6.07 Å². The quantitative estimate of drug-likeness (QED) is 0.739. The SMILES string of the molecule is COC(=O)Oc1cc(OC(=O)O)ccn1. The summed E-state index contributed by atoms with van der Waals surface area (Å²) < 4.78 is 13.1. The van der Waals surface area contributed by atoms with Crippen molar-refractivity contribution in [3.05, 3.63) is 18.3 Å². The molecule has 0 saturated heterocycles. The van der Waals surface area contributed by atoms with Gasteiger partial charge in [0.05, 0.1) is 7.11 Å². The third-order valence-electron chi connectivity index (χ3n) is 1.27. The van der Waals surface area contributed by atoms with E-state index < -0.39 is 12.3 Å². The number of carbonyl (C=O) groups excluding carboxylic acids is 1. The van der Waals surface area contributed by atoms with Crippen LogP contribution in [0, 0.1) is 0 Å². The van der Waals surface area contributed by atoms with Crippen LogP contribution in [-0.2, 0) is 4.74 Å². The Kier molecular flexibility index (Phi) is 3.44. The van der Waals surface area contributed by atoms with E-state index >= 15 is 0 Å². The van der Waals surface area contributed by atoms with Crippen molar-refractivity contribution in [2.45, 2.75) is 0 Å². The van der Waals surface area contributed by atoms with E-state index in [0.717, 1.165) is 13.2 Å². The van der Waals surface area contributed by atoms with E-state index in [1.165, 1.54) is 12.3 Å². The van der Waals surface area contributed by atoms with Crippen molar-refractivity contribution in [1.82, 2.24) is 4.98 Å². The topological polar surface area (TPSA) is 95.0 Å². The molecule has 0 aliphatic carbocycles. The van der Waals surface area contributed by atoms with Crippen LogP contribution in [0.3, 0.4) is 0 Å². The molecule has 1 N–H and O–H groups in total. The van der Waals surface area contributed by atoms with Gasteiger partial charge in [0.25, 0.3) is 0 Å². The molecular weight excluding hydrogens is 206 g/mol. The standard InChI is InChI=1S/C8H7NO6/c1-13-8(12)15-6-4-5(2-3-9-6)14-7(10)11/h2-4H,1H3,(H,10,11). The van der Waals surface area contributed by atoms with Crippen LogP contribution in [0.5, 0.6) is 11.6 Å². The van der Waals surface area contributed by atoms with Gasteiger partial charge in [-0.3, -0.25) is 0 Å². The first-order valence-corrected chi connectivity index (χ1v) is 3.74. The van der Waals surface area contributed by atoms with Gasteiger partial charge in [-0.25, -0.2) is 14.6 Å². The van der Waals surface area contributed by atoms with Crippen LogP contribution >= 0.6 is 0 Å². The number of pyridine rings is 1. The van der Waals surface area contributed by atoms with Crippen molar-refractivity contribution in [1.29, 1.82) is 0 Å². The second-order valence-corrected chi connectivity index (χ2v) is 2.25. The highest BCUT2D eigenvalue weighted by Crippen LogP contribution is 2.16.